The number of pyridine rings is 1. The van der Waals surface area contributed by atoms with Crippen molar-refractivity contribution in [3.8, 4) is 5.82 Å². The molecule has 2 heterocycles. The molecule has 0 aliphatic heterocycles. The predicted octanol–water partition coefficient (Wildman–Crippen LogP) is 2.13. The summed E-state index contributed by atoms with van der Waals surface area (Å²) in [5.41, 5.74) is 0.830. The molecule has 0 aliphatic carbocycles. The molecular formula is C14H12N4O2. The number of benzene rings is 1. The molecule has 3 aromatic rings. The van der Waals surface area contributed by atoms with E-state index < -0.39 is 5.97 Å². The van der Waals surface area contributed by atoms with E-state index in [0.29, 0.717) is 11.6 Å². The summed E-state index contributed by atoms with van der Waals surface area (Å²) in [6.45, 7) is 3.52. The number of carbonyl (C=O) groups is 1. The Kier molecular flexibility index (Phi) is 2.71. The van der Waals surface area contributed by atoms with Crippen molar-refractivity contribution < 1.29 is 9.90 Å². The van der Waals surface area contributed by atoms with Gasteiger partial charge in [-0.1, -0.05) is 18.2 Å². The van der Waals surface area contributed by atoms with Crippen molar-refractivity contribution in [2.45, 2.75) is 13.8 Å². The van der Waals surface area contributed by atoms with Crippen LogP contribution in [-0.2, 0) is 0 Å². The summed E-state index contributed by atoms with van der Waals surface area (Å²) in [7, 11) is 0. The minimum Gasteiger partial charge on any atom is -0.478 e. The van der Waals surface area contributed by atoms with Crippen molar-refractivity contribution in [3.05, 3.63) is 47.5 Å². The van der Waals surface area contributed by atoms with Crippen LogP contribution in [0.25, 0.3) is 16.7 Å². The average molecular weight is 268 g/mol. The van der Waals surface area contributed by atoms with Crippen molar-refractivity contribution in [2.75, 3.05) is 0 Å². The van der Waals surface area contributed by atoms with Gasteiger partial charge in [0.25, 0.3) is 0 Å². The minimum absolute atomic E-state index is 0.108. The molecule has 20 heavy (non-hydrogen) atoms. The van der Waals surface area contributed by atoms with Gasteiger partial charge in [0.1, 0.15) is 17.2 Å². The van der Waals surface area contributed by atoms with E-state index in [-0.39, 0.29) is 11.4 Å². The molecule has 1 N–H and O–H groups in total. The smallest absolute Gasteiger partial charge is 0.339 e. The van der Waals surface area contributed by atoms with Crippen molar-refractivity contribution in [2.24, 2.45) is 0 Å². The van der Waals surface area contributed by atoms with Crippen LogP contribution >= 0.6 is 0 Å². The van der Waals surface area contributed by atoms with Crippen LogP contribution in [-0.4, -0.2) is 30.8 Å². The Hall–Kier alpha value is -2.76. The van der Waals surface area contributed by atoms with Crippen LogP contribution in [0, 0.1) is 13.8 Å². The molecule has 0 saturated carbocycles. The Morgan fingerprint density at radius 2 is 1.95 bits per heavy atom. The van der Waals surface area contributed by atoms with E-state index in [1.165, 1.54) is 4.68 Å². The molecule has 0 unspecified atom stereocenters. The summed E-state index contributed by atoms with van der Waals surface area (Å²) in [5, 5.41) is 14.4. The fraction of sp³-hybridized carbons (Fsp3) is 0.143. The van der Waals surface area contributed by atoms with Crippen LogP contribution in [0.15, 0.2) is 30.3 Å². The highest BCUT2D eigenvalue weighted by atomic mass is 16.4. The molecule has 6 nitrogen and oxygen atoms in total. The number of nitrogens with zero attached hydrogens (tertiary/aromatic N) is 4. The maximum Gasteiger partial charge on any atom is 0.339 e. The third kappa shape index (κ3) is 1.91. The SMILES string of the molecule is Cc1nc(C)n(-c2nc3ccccc3cc2C(=O)O)n1. The van der Waals surface area contributed by atoms with E-state index in [9.17, 15) is 9.90 Å². The second kappa shape index (κ2) is 4.41. The van der Waals surface area contributed by atoms with E-state index in [0.717, 1.165) is 10.9 Å². The second-order valence-corrected chi connectivity index (χ2v) is 4.48. The molecule has 0 amide bonds. The summed E-state index contributed by atoms with van der Waals surface area (Å²) in [4.78, 5) is 20.1. The molecule has 0 atom stereocenters. The highest BCUT2D eigenvalue weighted by Crippen LogP contribution is 2.20. The van der Waals surface area contributed by atoms with Crippen LogP contribution in [0.1, 0.15) is 22.0 Å². The maximum atomic E-state index is 11.5. The molecule has 0 spiro atoms. The van der Waals surface area contributed by atoms with Gasteiger partial charge in [-0.3, -0.25) is 0 Å². The molecule has 0 aliphatic rings. The molecule has 6 heteroatoms. The second-order valence-electron chi connectivity index (χ2n) is 4.48. The minimum atomic E-state index is -1.04. The van der Waals surface area contributed by atoms with Crippen LogP contribution in [0.5, 0.6) is 0 Å². The van der Waals surface area contributed by atoms with Gasteiger partial charge in [-0.05, 0) is 26.0 Å². The first kappa shape index (κ1) is 12.3. The lowest BCUT2D eigenvalue weighted by molar-refractivity contribution is 0.0696. The molecule has 1 aromatic carbocycles. The Balaban J connectivity index is 2.35. The van der Waals surface area contributed by atoms with Gasteiger partial charge in [-0.15, -0.1) is 5.10 Å². The number of aryl methyl sites for hydroxylation is 2. The highest BCUT2D eigenvalue weighted by Gasteiger charge is 2.17. The number of fused-ring (bicyclic) bond motifs is 1. The normalized spacial score (nSPS) is 10.9. The van der Waals surface area contributed by atoms with Gasteiger partial charge in [-0.2, -0.15) is 4.68 Å². The van der Waals surface area contributed by atoms with E-state index >= 15 is 0 Å². The van der Waals surface area contributed by atoms with Gasteiger partial charge in [-0.25, -0.2) is 14.8 Å². The zero-order chi connectivity index (χ0) is 14.3. The van der Waals surface area contributed by atoms with Crippen molar-refractivity contribution >= 4 is 16.9 Å². The van der Waals surface area contributed by atoms with Crippen LogP contribution in [0.2, 0.25) is 0 Å². The quantitative estimate of drug-likeness (QED) is 0.770. The van der Waals surface area contributed by atoms with Gasteiger partial charge in [0.05, 0.1) is 5.52 Å². The van der Waals surface area contributed by atoms with Crippen LogP contribution < -0.4 is 0 Å². The van der Waals surface area contributed by atoms with Gasteiger partial charge in [0, 0.05) is 5.39 Å². The zero-order valence-corrected chi connectivity index (χ0v) is 11.0. The van der Waals surface area contributed by atoms with Crippen molar-refractivity contribution in [3.63, 3.8) is 0 Å². The van der Waals surface area contributed by atoms with E-state index in [4.69, 9.17) is 0 Å². The monoisotopic (exact) mass is 268 g/mol. The van der Waals surface area contributed by atoms with Crippen molar-refractivity contribution in [1.82, 2.24) is 19.7 Å². The average Bonchev–Trinajstić information content (AvgIpc) is 2.76. The summed E-state index contributed by atoms with van der Waals surface area (Å²) < 4.78 is 1.46. The molecular weight excluding hydrogens is 256 g/mol. The molecule has 0 saturated heterocycles. The topological polar surface area (TPSA) is 80.9 Å². The van der Waals surface area contributed by atoms with Gasteiger partial charge in [0.2, 0.25) is 0 Å². The fourth-order valence-corrected chi connectivity index (χ4v) is 2.15. The predicted molar refractivity (Wildman–Crippen MR) is 73.1 cm³/mol. The first-order valence-corrected chi connectivity index (χ1v) is 6.10. The molecule has 2 aromatic heterocycles. The Labute approximate surface area is 114 Å². The number of hydrogen-bond acceptors (Lipinski definition) is 4. The first-order valence-electron chi connectivity index (χ1n) is 6.10. The number of carboxylic acids is 1. The largest absolute Gasteiger partial charge is 0.478 e. The lowest BCUT2D eigenvalue weighted by Crippen LogP contribution is -2.10. The summed E-state index contributed by atoms with van der Waals surface area (Å²) in [6.07, 6.45) is 0. The van der Waals surface area contributed by atoms with Gasteiger partial charge >= 0.3 is 5.97 Å². The number of aromatic nitrogens is 4. The lowest BCUT2D eigenvalue weighted by atomic mass is 10.1. The molecule has 100 valence electrons. The van der Waals surface area contributed by atoms with Gasteiger partial charge in [0.15, 0.2) is 5.82 Å². The first-order chi connectivity index (χ1) is 9.56. The summed E-state index contributed by atoms with van der Waals surface area (Å²) in [5.74, 6) is 0.432. The fourth-order valence-electron chi connectivity index (χ4n) is 2.15. The van der Waals surface area contributed by atoms with Crippen LogP contribution in [0.3, 0.4) is 0 Å². The number of aromatic carboxylic acids is 1. The molecule has 0 bridgehead atoms. The van der Waals surface area contributed by atoms with Crippen molar-refractivity contribution in [1.29, 1.82) is 0 Å². The number of rotatable bonds is 2. The maximum absolute atomic E-state index is 11.5. The van der Waals surface area contributed by atoms with Gasteiger partial charge < -0.3 is 5.11 Å². The Morgan fingerprint density at radius 1 is 1.20 bits per heavy atom. The third-order valence-corrected chi connectivity index (χ3v) is 3.01. The number of hydrogen-bond donors (Lipinski definition) is 1. The number of carboxylic acid groups (broad SMARTS) is 1. The third-order valence-electron chi connectivity index (χ3n) is 3.01. The van der Waals surface area contributed by atoms with Crippen LogP contribution in [0.4, 0.5) is 0 Å². The Morgan fingerprint density at radius 3 is 2.60 bits per heavy atom. The van der Waals surface area contributed by atoms with E-state index in [1.807, 2.05) is 24.3 Å². The molecule has 3 rings (SSSR count). The molecule has 0 radical (unpaired) electrons. The zero-order valence-electron chi connectivity index (χ0n) is 11.0. The summed E-state index contributed by atoms with van der Waals surface area (Å²) in [6, 6.07) is 8.98. The molecule has 0 fully saturated rings. The van der Waals surface area contributed by atoms with E-state index in [2.05, 4.69) is 15.1 Å². The highest BCUT2D eigenvalue weighted by molar-refractivity contribution is 5.96. The number of para-hydroxylation sites is 1. The lowest BCUT2D eigenvalue weighted by Gasteiger charge is -2.08. The Bertz CT molecular complexity index is 823. The summed E-state index contributed by atoms with van der Waals surface area (Å²) >= 11 is 0. The standard InChI is InChI=1S/C14H12N4O2/c1-8-15-9(2)18(17-8)13-11(14(19)20)7-10-5-3-4-6-12(10)16-13/h3-7H,1-2H3,(H,19,20). The van der Waals surface area contributed by atoms with E-state index in [1.54, 1.807) is 19.9 Å².